The molecule has 5 heteroatoms. The van der Waals surface area contributed by atoms with Crippen molar-refractivity contribution in [3.8, 4) is 0 Å². The topological polar surface area (TPSA) is 64.1 Å². The number of hydrogen-bond acceptors (Lipinski definition) is 4. The Bertz CT molecular complexity index is 416. The predicted octanol–water partition coefficient (Wildman–Crippen LogP) is 1.72. The Kier molecular flexibility index (Phi) is 4.78. The Hall–Kier alpha value is -1.49. The highest BCUT2D eigenvalue weighted by Gasteiger charge is 2.21. The third kappa shape index (κ3) is 4.79. The maximum Gasteiger partial charge on any atom is 0.289 e. The van der Waals surface area contributed by atoms with Gasteiger partial charge in [0.1, 0.15) is 0 Å². The van der Waals surface area contributed by atoms with Crippen LogP contribution in [0.3, 0.4) is 0 Å². The summed E-state index contributed by atoms with van der Waals surface area (Å²) in [4.78, 5) is 19.8. The zero-order chi connectivity index (χ0) is 13.8. The summed E-state index contributed by atoms with van der Waals surface area (Å²) >= 11 is 0. The van der Waals surface area contributed by atoms with E-state index in [9.17, 15) is 4.79 Å². The summed E-state index contributed by atoms with van der Waals surface area (Å²) in [5, 5.41) is 2.78. The Morgan fingerprint density at radius 3 is 2.72 bits per heavy atom. The fraction of sp³-hybridized carbons (Fsp3) is 0.615. The zero-order valence-corrected chi connectivity index (χ0v) is 11.7. The van der Waals surface area contributed by atoms with E-state index in [4.69, 9.17) is 4.74 Å². The number of carbonyl (C=O) groups is 1. The Morgan fingerprint density at radius 1 is 1.50 bits per heavy atom. The van der Waals surface area contributed by atoms with Gasteiger partial charge in [0, 0.05) is 18.4 Å². The highest BCUT2D eigenvalue weighted by Crippen LogP contribution is 2.10. The van der Waals surface area contributed by atoms with E-state index in [2.05, 4.69) is 15.3 Å². The second-order valence-corrected chi connectivity index (χ2v) is 5.13. The van der Waals surface area contributed by atoms with Crippen molar-refractivity contribution in [1.29, 1.82) is 0 Å². The largest absolute Gasteiger partial charge is 0.371 e. The van der Waals surface area contributed by atoms with Crippen LogP contribution in [0, 0.1) is 6.92 Å². The van der Waals surface area contributed by atoms with Crippen LogP contribution in [-0.4, -0.2) is 34.1 Å². The SMILES string of the molecule is Cc1ccnc(C(=O)NCC(C)(C)OC(C)C)n1. The van der Waals surface area contributed by atoms with Gasteiger partial charge in [-0.3, -0.25) is 4.79 Å². The van der Waals surface area contributed by atoms with E-state index in [0.29, 0.717) is 6.54 Å². The van der Waals surface area contributed by atoms with Crippen molar-refractivity contribution in [2.45, 2.75) is 46.3 Å². The van der Waals surface area contributed by atoms with Gasteiger partial charge >= 0.3 is 0 Å². The van der Waals surface area contributed by atoms with Crippen LogP contribution in [0.25, 0.3) is 0 Å². The van der Waals surface area contributed by atoms with Crippen LogP contribution in [0.1, 0.15) is 44.0 Å². The molecule has 1 rings (SSSR count). The molecule has 1 heterocycles. The van der Waals surface area contributed by atoms with Crippen molar-refractivity contribution >= 4 is 5.91 Å². The van der Waals surface area contributed by atoms with Gasteiger partial charge in [0.25, 0.3) is 5.91 Å². The summed E-state index contributed by atoms with van der Waals surface area (Å²) in [6.45, 7) is 10.0. The lowest BCUT2D eigenvalue weighted by Crippen LogP contribution is -2.42. The van der Waals surface area contributed by atoms with Gasteiger partial charge in [-0.15, -0.1) is 0 Å². The van der Waals surface area contributed by atoms with E-state index >= 15 is 0 Å². The molecule has 1 aromatic heterocycles. The number of ether oxygens (including phenoxy) is 1. The summed E-state index contributed by atoms with van der Waals surface area (Å²) in [6.07, 6.45) is 1.69. The van der Waals surface area contributed by atoms with Gasteiger partial charge < -0.3 is 10.1 Å². The molecule has 18 heavy (non-hydrogen) atoms. The maximum absolute atomic E-state index is 11.8. The number of amides is 1. The molecule has 0 radical (unpaired) electrons. The van der Waals surface area contributed by atoms with Crippen LogP contribution in [0.2, 0.25) is 0 Å². The molecule has 0 saturated heterocycles. The molecular weight excluding hydrogens is 230 g/mol. The lowest BCUT2D eigenvalue weighted by molar-refractivity contribution is -0.0527. The molecule has 0 aliphatic rings. The van der Waals surface area contributed by atoms with Gasteiger partial charge in [-0.2, -0.15) is 0 Å². The molecule has 0 spiro atoms. The summed E-state index contributed by atoms with van der Waals surface area (Å²) in [6, 6.07) is 1.75. The van der Waals surface area contributed by atoms with Crippen LogP contribution >= 0.6 is 0 Å². The molecule has 5 nitrogen and oxygen atoms in total. The Balaban J connectivity index is 2.56. The summed E-state index contributed by atoms with van der Waals surface area (Å²) in [5.74, 6) is -0.0884. The van der Waals surface area contributed by atoms with Gasteiger partial charge in [-0.1, -0.05) is 0 Å². The van der Waals surface area contributed by atoms with Crippen molar-refractivity contribution in [2.75, 3.05) is 6.54 Å². The molecule has 0 atom stereocenters. The molecule has 1 aromatic rings. The van der Waals surface area contributed by atoms with E-state index in [1.807, 2.05) is 34.6 Å². The number of carbonyl (C=O) groups excluding carboxylic acids is 1. The third-order valence-electron chi connectivity index (χ3n) is 2.23. The molecule has 0 aliphatic heterocycles. The minimum absolute atomic E-state index is 0.118. The average molecular weight is 251 g/mol. The second kappa shape index (κ2) is 5.91. The van der Waals surface area contributed by atoms with Crippen molar-refractivity contribution in [2.24, 2.45) is 0 Å². The number of aromatic nitrogens is 2. The van der Waals surface area contributed by atoms with E-state index < -0.39 is 5.60 Å². The summed E-state index contributed by atoms with van der Waals surface area (Å²) in [7, 11) is 0. The van der Waals surface area contributed by atoms with Crippen molar-refractivity contribution < 1.29 is 9.53 Å². The Labute approximate surface area is 108 Å². The van der Waals surface area contributed by atoms with Gasteiger partial charge in [-0.25, -0.2) is 9.97 Å². The molecule has 0 aromatic carbocycles. The molecule has 0 aliphatic carbocycles. The van der Waals surface area contributed by atoms with Crippen molar-refractivity contribution in [3.63, 3.8) is 0 Å². The number of rotatable bonds is 5. The number of hydrogen-bond donors (Lipinski definition) is 1. The van der Waals surface area contributed by atoms with Crippen molar-refractivity contribution in [3.05, 3.63) is 23.8 Å². The summed E-state index contributed by atoms with van der Waals surface area (Å²) < 4.78 is 5.69. The lowest BCUT2D eigenvalue weighted by atomic mass is 10.1. The van der Waals surface area contributed by atoms with Gasteiger partial charge in [-0.05, 0) is 40.7 Å². The third-order valence-corrected chi connectivity index (χ3v) is 2.23. The molecule has 0 saturated carbocycles. The lowest BCUT2D eigenvalue weighted by Gasteiger charge is -2.27. The van der Waals surface area contributed by atoms with Gasteiger partial charge in [0.2, 0.25) is 5.82 Å². The molecular formula is C13H21N3O2. The first-order valence-electron chi connectivity index (χ1n) is 6.06. The number of aryl methyl sites for hydroxylation is 1. The van der Waals surface area contributed by atoms with E-state index in [0.717, 1.165) is 5.69 Å². The molecule has 0 unspecified atom stereocenters. The second-order valence-electron chi connectivity index (χ2n) is 5.13. The van der Waals surface area contributed by atoms with Crippen LogP contribution in [0.15, 0.2) is 12.3 Å². The molecule has 0 bridgehead atoms. The zero-order valence-electron chi connectivity index (χ0n) is 11.7. The normalized spacial score (nSPS) is 11.7. The Morgan fingerprint density at radius 2 is 2.17 bits per heavy atom. The van der Waals surface area contributed by atoms with Crippen LogP contribution in [-0.2, 0) is 4.74 Å². The first-order valence-corrected chi connectivity index (χ1v) is 6.06. The maximum atomic E-state index is 11.8. The van der Waals surface area contributed by atoms with E-state index in [-0.39, 0.29) is 17.8 Å². The highest BCUT2D eigenvalue weighted by atomic mass is 16.5. The first-order chi connectivity index (χ1) is 8.30. The van der Waals surface area contributed by atoms with Crippen LogP contribution < -0.4 is 5.32 Å². The number of nitrogens with one attached hydrogen (secondary N) is 1. The molecule has 1 amide bonds. The first kappa shape index (κ1) is 14.6. The fourth-order valence-electron chi connectivity index (χ4n) is 1.61. The van der Waals surface area contributed by atoms with Crippen molar-refractivity contribution in [1.82, 2.24) is 15.3 Å². The summed E-state index contributed by atoms with van der Waals surface area (Å²) in [5.41, 5.74) is 0.362. The van der Waals surface area contributed by atoms with Crippen LogP contribution in [0.4, 0.5) is 0 Å². The standard InChI is InChI=1S/C13H21N3O2/c1-9(2)18-13(4,5)8-15-12(17)11-14-7-6-10(3)16-11/h6-7,9H,8H2,1-5H3,(H,15,17). The molecule has 100 valence electrons. The predicted molar refractivity (Wildman–Crippen MR) is 69.4 cm³/mol. The quantitative estimate of drug-likeness (QED) is 0.865. The smallest absolute Gasteiger partial charge is 0.289 e. The number of nitrogens with zero attached hydrogens (tertiary/aromatic N) is 2. The molecule has 0 fully saturated rings. The highest BCUT2D eigenvalue weighted by molar-refractivity contribution is 5.90. The molecule has 1 N–H and O–H groups in total. The van der Waals surface area contributed by atoms with Crippen LogP contribution in [0.5, 0.6) is 0 Å². The van der Waals surface area contributed by atoms with Gasteiger partial charge in [0.15, 0.2) is 0 Å². The van der Waals surface area contributed by atoms with Gasteiger partial charge in [0.05, 0.1) is 11.7 Å². The minimum atomic E-state index is -0.409. The minimum Gasteiger partial charge on any atom is -0.371 e. The fourth-order valence-corrected chi connectivity index (χ4v) is 1.61. The van der Waals surface area contributed by atoms with E-state index in [1.54, 1.807) is 12.3 Å². The average Bonchev–Trinajstić information content (AvgIpc) is 2.24. The monoisotopic (exact) mass is 251 g/mol. The van der Waals surface area contributed by atoms with E-state index in [1.165, 1.54) is 0 Å².